The molecule has 1 rings (SSSR count). The maximum atomic E-state index is 11.9. The Kier molecular flexibility index (Phi) is 6.36. The Labute approximate surface area is 117 Å². The smallest absolute Gasteiger partial charge is 0.220 e. The van der Waals surface area contributed by atoms with Gasteiger partial charge < -0.3 is 11.1 Å². The molecular formula is C14H21BrN2O. The lowest BCUT2D eigenvalue weighted by molar-refractivity contribution is -0.122. The lowest BCUT2D eigenvalue weighted by atomic mass is 10.0. The van der Waals surface area contributed by atoms with Crippen LogP contribution in [0.15, 0.2) is 28.7 Å². The molecule has 0 spiro atoms. The first-order chi connectivity index (χ1) is 8.58. The number of benzene rings is 1. The van der Waals surface area contributed by atoms with Gasteiger partial charge in [-0.05, 0) is 31.0 Å². The van der Waals surface area contributed by atoms with Crippen LogP contribution in [0.4, 0.5) is 0 Å². The van der Waals surface area contributed by atoms with E-state index in [1.165, 1.54) is 0 Å². The van der Waals surface area contributed by atoms with Crippen LogP contribution < -0.4 is 11.1 Å². The van der Waals surface area contributed by atoms with E-state index in [0.717, 1.165) is 16.5 Å². The molecule has 3 N–H and O–H groups in total. The quantitative estimate of drug-likeness (QED) is 0.848. The molecule has 0 bridgehead atoms. The zero-order valence-corrected chi connectivity index (χ0v) is 12.5. The van der Waals surface area contributed by atoms with Gasteiger partial charge in [0.05, 0.1) is 6.04 Å². The molecule has 3 nitrogen and oxygen atoms in total. The molecule has 0 aliphatic rings. The minimum absolute atomic E-state index is 0.00311. The highest BCUT2D eigenvalue weighted by atomic mass is 79.9. The molecule has 1 amide bonds. The molecule has 0 saturated carbocycles. The Hall–Kier alpha value is -0.870. The highest BCUT2D eigenvalue weighted by Gasteiger charge is 2.14. The Morgan fingerprint density at radius 2 is 2.11 bits per heavy atom. The molecular weight excluding hydrogens is 292 g/mol. The molecule has 0 aliphatic carbocycles. The van der Waals surface area contributed by atoms with Crippen molar-refractivity contribution in [1.82, 2.24) is 5.32 Å². The van der Waals surface area contributed by atoms with Crippen LogP contribution in [-0.2, 0) is 4.79 Å². The fourth-order valence-corrected chi connectivity index (χ4v) is 2.49. The van der Waals surface area contributed by atoms with Crippen molar-refractivity contribution in [3.8, 4) is 0 Å². The maximum Gasteiger partial charge on any atom is 0.220 e. The molecule has 0 saturated heterocycles. The molecule has 0 fully saturated rings. The van der Waals surface area contributed by atoms with Crippen LogP contribution in [0.1, 0.15) is 38.3 Å². The predicted molar refractivity (Wildman–Crippen MR) is 78.2 cm³/mol. The maximum absolute atomic E-state index is 11.9. The van der Waals surface area contributed by atoms with Crippen LogP contribution in [0.2, 0.25) is 0 Å². The lowest BCUT2D eigenvalue weighted by Gasteiger charge is -2.18. The zero-order valence-electron chi connectivity index (χ0n) is 10.9. The average Bonchev–Trinajstić information content (AvgIpc) is 2.36. The van der Waals surface area contributed by atoms with Crippen molar-refractivity contribution in [2.75, 3.05) is 6.54 Å². The van der Waals surface area contributed by atoms with Crippen molar-refractivity contribution in [3.63, 3.8) is 0 Å². The van der Waals surface area contributed by atoms with E-state index in [9.17, 15) is 4.79 Å². The fraction of sp³-hybridized carbons (Fsp3) is 0.500. The molecule has 0 heterocycles. The third-order valence-corrected chi connectivity index (χ3v) is 3.86. The van der Waals surface area contributed by atoms with Crippen molar-refractivity contribution < 1.29 is 4.79 Å². The summed E-state index contributed by atoms with van der Waals surface area (Å²) in [4.78, 5) is 11.9. The van der Waals surface area contributed by atoms with E-state index >= 15 is 0 Å². The Morgan fingerprint density at radius 3 is 2.67 bits per heavy atom. The fourth-order valence-electron chi connectivity index (χ4n) is 1.86. The van der Waals surface area contributed by atoms with Crippen molar-refractivity contribution in [3.05, 3.63) is 34.3 Å². The third-order valence-electron chi connectivity index (χ3n) is 3.13. The van der Waals surface area contributed by atoms with Gasteiger partial charge in [-0.3, -0.25) is 4.79 Å². The summed E-state index contributed by atoms with van der Waals surface area (Å²) in [6.07, 6.45) is 1.44. The van der Waals surface area contributed by atoms with Crippen molar-refractivity contribution in [2.24, 2.45) is 11.7 Å². The lowest BCUT2D eigenvalue weighted by Crippen LogP contribution is -2.30. The average molecular weight is 313 g/mol. The van der Waals surface area contributed by atoms with Gasteiger partial charge in [0, 0.05) is 10.9 Å². The number of halogens is 1. The monoisotopic (exact) mass is 312 g/mol. The van der Waals surface area contributed by atoms with Gasteiger partial charge in [-0.25, -0.2) is 0 Å². The minimum atomic E-state index is 0.00311. The summed E-state index contributed by atoms with van der Waals surface area (Å²) in [6.45, 7) is 4.61. The van der Waals surface area contributed by atoms with Gasteiger partial charge in [0.1, 0.15) is 0 Å². The standard InChI is InChI=1S/C14H21BrN2O/c1-3-11(9-16)8-14(18)17-10(2)12-6-4-5-7-13(12)15/h4-7,10-11H,3,8-9,16H2,1-2H3,(H,17,18). The van der Waals surface area contributed by atoms with Gasteiger partial charge in [-0.15, -0.1) is 0 Å². The van der Waals surface area contributed by atoms with Gasteiger partial charge >= 0.3 is 0 Å². The van der Waals surface area contributed by atoms with Crippen LogP contribution in [0.3, 0.4) is 0 Å². The Balaban J connectivity index is 2.57. The van der Waals surface area contributed by atoms with Gasteiger partial charge in [-0.1, -0.05) is 47.5 Å². The number of hydrogen-bond donors (Lipinski definition) is 2. The first kappa shape index (κ1) is 15.2. The first-order valence-electron chi connectivity index (χ1n) is 6.32. The number of nitrogens with one attached hydrogen (secondary N) is 1. The van der Waals surface area contributed by atoms with Gasteiger partial charge in [-0.2, -0.15) is 0 Å². The number of amides is 1. The van der Waals surface area contributed by atoms with E-state index in [1.54, 1.807) is 0 Å². The van der Waals surface area contributed by atoms with Crippen LogP contribution in [0.5, 0.6) is 0 Å². The summed E-state index contributed by atoms with van der Waals surface area (Å²) in [5.41, 5.74) is 6.70. The molecule has 0 aliphatic heterocycles. The van der Waals surface area contributed by atoms with E-state index in [2.05, 4.69) is 28.2 Å². The molecule has 18 heavy (non-hydrogen) atoms. The number of nitrogens with two attached hydrogens (primary N) is 1. The van der Waals surface area contributed by atoms with Crippen molar-refractivity contribution >= 4 is 21.8 Å². The summed E-state index contributed by atoms with van der Waals surface area (Å²) in [5.74, 6) is 0.340. The van der Waals surface area contributed by atoms with E-state index < -0.39 is 0 Å². The molecule has 0 aromatic heterocycles. The Bertz CT molecular complexity index is 391. The van der Waals surface area contributed by atoms with Gasteiger partial charge in [0.2, 0.25) is 5.91 Å². The van der Waals surface area contributed by atoms with Crippen LogP contribution in [0, 0.1) is 5.92 Å². The summed E-state index contributed by atoms with van der Waals surface area (Å²) in [7, 11) is 0. The number of carbonyl (C=O) groups excluding carboxylic acids is 1. The topological polar surface area (TPSA) is 55.1 Å². The normalized spacial score (nSPS) is 14.0. The largest absolute Gasteiger partial charge is 0.350 e. The van der Waals surface area contributed by atoms with E-state index in [-0.39, 0.29) is 17.9 Å². The summed E-state index contributed by atoms with van der Waals surface area (Å²) in [5, 5.41) is 3.01. The third kappa shape index (κ3) is 4.42. The highest BCUT2D eigenvalue weighted by molar-refractivity contribution is 9.10. The second-order valence-corrected chi connectivity index (χ2v) is 5.38. The first-order valence-corrected chi connectivity index (χ1v) is 7.11. The van der Waals surface area contributed by atoms with Crippen LogP contribution in [0.25, 0.3) is 0 Å². The predicted octanol–water partition coefficient (Wildman–Crippen LogP) is 3.00. The zero-order chi connectivity index (χ0) is 13.5. The molecule has 2 unspecified atom stereocenters. The van der Waals surface area contributed by atoms with Crippen molar-refractivity contribution in [2.45, 2.75) is 32.7 Å². The molecule has 1 aromatic carbocycles. The van der Waals surface area contributed by atoms with Gasteiger partial charge in [0.15, 0.2) is 0 Å². The molecule has 4 heteroatoms. The Morgan fingerprint density at radius 1 is 1.44 bits per heavy atom. The molecule has 1 aromatic rings. The number of hydrogen-bond acceptors (Lipinski definition) is 2. The molecule has 0 radical (unpaired) electrons. The second-order valence-electron chi connectivity index (χ2n) is 4.52. The second kappa shape index (κ2) is 7.54. The van der Waals surface area contributed by atoms with E-state index in [4.69, 9.17) is 5.73 Å². The summed E-state index contributed by atoms with van der Waals surface area (Å²) >= 11 is 3.49. The van der Waals surface area contributed by atoms with E-state index in [0.29, 0.717) is 13.0 Å². The minimum Gasteiger partial charge on any atom is -0.350 e. The van der Waals surface area contributed by atoms with E-state index in [1.807, 2.05) is 31.2 Å². The SMILES string of the molecule is CCC(CN)CC(=O)NC(C)c1ccccc1Br. The van der Waals surface area contributed by atoms with Crippen molar-refractivity contribution in [1.29, 1.82) is 0 Å². The number of rotatable bonds is 6. The highest BCUT2D eigenvalue weighted by Crippen LogP contribution is 2.22. The van der Waals surface area contributed by atoms with Crippen LogP contribution in [-0.4, -0.2) is 12.5 Å². The number of carbonyl (C=O) groups is 1. The molecule has 2 atom stereocenters. The summed E-state index contributed by atoms with van der Waals surface area (Å²) < 4.78 is 1.02. The van der Waals surface area contributed by atoms with Crippen LogP contribution >= 0.6 is 15.9 Å². The molecule has 100 valence electrons. The summed E-state index contributed by atoms with van der Waals surface area (Å²) in [6, 6.07) is 7.92. The van der Waals surface area contributed by atoms with Gasteiger partial charge in [0.25, 0.3) is 0 Å².